The molecule has 0 aliphatic rings. The molecule has 3 aromatic carbocycles. The van der Waals surface area contributed by atoms with Gasteiger partial charge in [-0.1, -0.05) is 46.3 Å². The highest BCUT2D eigenvalue weighted by Crippen LogP contribution is 2.18. The Bertz CT molecular complexity index is 1080. The maximum atomic E-state index is 12.2. The first kappa shape index (κ1) is 24.0. The number of amides is 2. The van der Waals surface area contributed by atoms with E-state index >= 15 is 0 Å². The normalized spacial score (nSPS) is 10.9. The monoisotopic (exact) mass is 509 g/mol. The molecule has 0 saturated carbocycles. The van der Waals surface area contributed by atoms with Crippen LogP contribution in [0.2, 0.25) is 0 Å². The molecule has 0 fully saturated rings. The lowest BCUT2D eigenvalue weighted by Gasteiger charge is -2.09. The number of ether oxygens (including phenoxy) is 2. The molecule has 170 valence electrons. The molecule has 0 unspecified atom stereocenters. The summed E-state index contributed by atoms with van der Waals surface area (Å²) in [5.74, 6) is 0.630. The van der Waals surface area contributed by atoms with E-state index in [-0.39, 0.29) is 18.9 Å². The molecular formula is C25H24BrN3O4. The van der Waals surface area contributed by atoms with Crippen LogP contribution in [0.5, 0.6) is 11.5 Å². The zero-order valence-corrected chi connectivity index (χ0v) is 19.7. The van der Waals surface area contributed by atoms with E-state index in [4.69, 9.17) is 9.47 Å². The van der Waals surface area contributed by atoms with Gasteiger partial charge in [-0.15, -0.1) is 0 Å². The Hall–Kier alpha value is -3.65. The molecule has 2 amide bonds. The Morgan fingerprint density at radius 3 is 2.18 bits per heavy atom. The van der Waals surface area contributed by atoms with Crippen LogP contribution in [0.25, 0.3) is 0 Å². The summed E-state index contributed by atoms with van der Waals surface area (Å²) in [4.78, 5) is 24.1. The first-order chi connectivity index (χ1) is 16.0. The molecule has 3 rings (SSSR count). The fourth-order valence-electron chi connectivity index (χ4n) is 2.72. The maximum Gasteiger partial charge on any atom is 0.277 e. The Balaban J connectivity index is 1.38. The summed E-state index contributed by atoms with van der Waals surface area (Å²) in [5, 5.41) is 6.74. The van der Waals surface area contributed by atoms with Crippen molar-refractivity contribution >= 4 is 39.1 Å². The second-order valence-corrected chi connectivity index (χ2v) is 8.06. The molecule has 33 heavy (non-hydrogen) atoms. The van der Waals surface area contributed by atoms with Crippen molar-refractivity contribution in [2.45, 2.75) is 20.0 Å². The van der Waals surface area contributed by atoms with Crippen LogP contribution in [-0.4, -0.2) is 24.1 Å². The van der Waals surface area contributed by atoms with Crippen molar-refractivity contribution in [2.75, 3.05) is 11.9 Å². The molecule has 8 heteroatoms. The van der Waals surface area contributed by atoms with E-state index in [9.17, 15) is 9.59 Å². The summed E-state index contributed by atoms with van der Waals surface area (Å²) in [7, 11) is 0. The molecule has 0 heterocycles. The summed E-state index contributed by atoms with van der Waals surface area (Å²) >= 11 is 3.33. The van der Waals surface area contributed by atoms with Crippen molar-refractivity contribution in [1.82, 2.24) is 5.43 Å². The predicted molar refractivity (Wildman–Crippen MR) is 131 cm³/mol. The second-order valence-electron chi connectivity index (χ2n) is 7.15. The number of carbonyl (C=O) groups is 2. The fraction of sp³-hybridized carbons (Fsp3) is 0.160. The van der Waals surface area contributed by atoms with Gasteiger partial charge in [-0.25, -0.2) is 5.43 Å². The van der Waals surface area contributed by atoms with Gasteiger partial charge in [0.15, 0.2) is 6.61 Å². The molecule has 0 bridgehead atoms. The van der Waals surface area contributed by atoms with Crippen LogP contribution in [0.1, 0.15) is 18.9 Å². The molecule has 0 aliphatic heterocycles. The van der Waals surface area contributed by atoms with Crippen molar-refractivity contribution in [3.05, 3.63) is 88.9 Å². The largest absolute Gasteiger partial charge is 0.489 e. The van der Waals surface area contributed by atoms with E-state index in [1.807, 2.05) is 42.5 Å². The van der Waals surface area contributed by atoms with Crippen LogP contribution in [0.4, 0.5) is 5.69 Å². The zero-order chi connectivity index (χ0) is 23.5. The lowest BCUT2D eigenvalue weighted by molar-refractivity contribution is -0.123. The summed E-state index contributed by atoms with van der Waals surface area (Å²) in [6, 6.07) is 24.1. The molecule has 3 aromatic rings. The Labute approximate surface area is 200 Å². The molecule has 0 saturated heterocycles. The first-order valence-electron chi connectivity index (χ1n) is 10.2. The van der Waals surface area contributed by atoms with Gasteiger partial charge in [0, 0.05) is 15.9 Å². The number of anilines is 1. The number of nitrogens with zero attached hydrogens (tertiary/aromatic N) is 1. The number of hydrogen-bond donors (Lipinski definition) is 2. The van der Waals surface area contributed by atoms with Gasteiger partial charge in [0.2, 0.25) is 5.91 Å². The highest BCUT2D eigenvalue weighted by molar-refractivity contribution is 9.10. The smallest absolute Gasteiger partial charge is 0.277 e. The van der Waals surface area contributed by atoms with Gasteiger partial charge in [0.25, 0.3) is 5.91 Å². The molecule has 2 N–H and O–H groups in total. The Morgan fingerprint density at radius 2 is 1.48 bits per heavy atom. The number of hydrogen-bond acceptors (Lipinski definition) is 5. The van der Waals surface area contributed by atoms with E-state index in [0.29, 0.717) is 29.5 Å². The van der Waals surface area contributed by atoms with Crippen molar-refractivity contribution in [1.29, 1.82) is 0 Å². The lowest BCUT2D eigenvalue weighted by Crippen LogP contribution is -2.26. The zero-order valence-electron chi connectivity index (χ0n) is 18.1. The van der Waals surface area contributed by atoms with E-state index in [0.717, 1.165) is 10.0 Å². The minimum Gasteiger partial charge on any atom is -0.489 e. The third-order valence-electron chi connectivity index (χ3n) is 4.36. The number of nitrogens with one attached hydrogen (secondary N) is 2. The molecule has 0 spiro atoms. The van der Waals surface area contributed by atoms with Crippen LogP contribution in [0, 0.1) is 0 Å². The maximum absolute atomic E-state index is 12.2. The standard InChI is InChI=1S/C25H24BrN3O4/c1-18(28-29-25(31)17-33-22-11-7-20(26)8-12-22)15-24(30)27-21-9-13-23(14-10-21)32-16-19-5-3-2-4-6-19/h2-14H,15-17H2,1H3,(H,27,30)(H,29,31)/b28-18-. The average Bonchev–Trinajstić information content (AvgIpc) is 2.82. The molecule has 0 atom stereocenters. The van der Waals surface area contributed by atoms with Crippen molar-refractivity contribution in [3.8, 4) is 11.5 Å². The van der Waals surface area contributed by atoms with Gasteiger partial charge >= 0.3 is 0 Å². The van der Waals surface area contributed by atoms with Crippen molar-refractivity contribution < 1.29 is 19.1 Å². The summed E-state index contributed by atoms with van der Waals surface area (Å²) in [6.45, 7) is 1.96. The minimum atomic E-state index is -0.413. The number of hydrazone groups is 1. The SMILES string of the molecule is C/C(CC(=O)Nc1ccc(OCc2ccccc2)cc1)=N/NC(=O)COc1ccc(Br)cc1. The first-order valence-corrected chi connectivity index (χ1v) is 11.0. The van der Waals surface area contributed by atoms with E-state index < -0.39 is 5.91 Å². The van der Waals surface area contributed by atoms with Gasteiger partial charge in [0.1, 0.15) is 18.1 Å². The van der Waals surface area contributed by atoms with Crippen LogP contribution < -0.4 is 20.2 Å². The fourth-order valence-corrected chi connectivity index (χ4v) is 2.99. The number of benzene rings is 3. The molecule has 7 nitrogen and oxygen atoms in total. The third-order valence-corrected chi connectivity index (χ3v) is 4.89. The van der Waals surface area contributed by atoms with Gasteiger partial charge in [-0.05, 0) is 61.0 Å². The highest BCUT2D eigenvalue weighted by Gasteiger charge is 2.07. The van der Waals surface area contributed by atoms with Crippen molar-refractivity contribution in [3.63, 3.8) is 0 Å². The van der Waals surface area contributed by atoms with E-state index in [1.165, 1.54) is 0 Å². The second kappa shape index (κ2) is 12.4. The topological polar surface area (TPSA) is 89.0 Å². The van der Waals surface area contributed by atoms with E-state index in [1.54, 1.807) is 43.3 Å². The molecule has 0 aliphatic carbocycles. The molecule has 0 radical (unpaired) electrons. The number of carbonyl (C=O) groups excluding carboxylic acids is 2. The van der Waals surface area contributed by atoms with Crippen LogP contribution >= 0.6 is 15.9 Å². The van der Waals surface area contributed by atoms with Crippen LogP contribution in [0.15, 0.2) is 88.4 Å². The highest BCUT2D eigenvalue weighted by atomic mass is 79.9. The average molecular weight is 510 g/mol. The molecule has 0 aromatic heterocycles. The van der Waals surface area contributed by atoms with Crippen LogP contribution in [-0.2, 0) is 16.2 Å². The summed E-state index contributed by atoms with van der Waals surface area (Å²) in [5.41, 5.74) is 4.58. The van der Waals surface area contributed by atoms with Gasteiger partial charge in [-0.2, -0.15) is 5.10 Å². The third kappa shape index (κ3) is 8.78. The predicted octanol–water partition coefficient (Wildman–Crippen LogP) is 4.93. The van der Waals surface area contributed by atoms with Gasteiger partial charge in [-0.3, -0.25) is 9.59 Å². The Morgan fingerprint density at radius 1 is 0.848 bits per heavy atom. The minimum absolute atomic E-state index is 0.0418. The quantitative estimate of drug-likeness (QED) is 0.299. The number of halogens is 1. The summed E-state index contributed by atoms with van der Waals surface area (Å²) < 4.78 is 12.0. The summed E-state index contributed by atoms with van der Waals surface area (Å²) in [6.07, 6.45) is 0.0418. The lowest BCUT2D eigenvalue weighted by atomic mass is 10.2. The van der Waals surface area contributed by atoms with Crippen molar-refractivity contribution in [2.24, 2.45) is 5.10 Å². The number of rotatable bonds is 10. The van der Waals surface area contributed by atoms with Gasteiger partial charge < -0.3 is 14.8 Å². The Kier molecular flexibility index (Phi) is 9.02. The van der Waals surface area contributed by atoms with Crippen LogP contribution in [0.3, 0.4) is 0 Å². The van der Waals surface area contributed by atoms with E-state index in [2.05, 4.69) is 31.8 Å². The van der Waals surface area contributed by atoms with Gasteiger partial charge in [0.05, 0.1) is 6.42 Å². The molecular weight excluding hydrogens is 486 g/mol.